The third-order valence-corrected chi connectivity index (χ3v) is 4.77. The highest BCUT2D eigenvalue weighted by Crippen LogP contribution is 2.19. The average Bonchev–Trinajstić information content (AvgIpc) is 2.63. The molecule has 2 saturated heterocycles. The van der Waals surface area contributed by atoms with Gasteiger partial charge in [0.15, 0.2) is 5.78 Å². The summed E-state index contributed by atoms with van der Waals surface area (Å²) in [6.45, 7) is 6.50. The Kier molecular flexibility index (Phi) is 5.48. The van der Waals surface area contributed by atoms with Gasteiger partial charge in [0.25, 0.3) is 0 Å². The van der Waals surface area contributed by atoms with E-state index < -0.39 is 0 Å². The molecule has 0 aliphatic carbocycles. The fraction of sp³-hybridized carbons (Fsp3) is 0.556. The molecule has 0 aromatic heterocycles. The summed E-state index contributed by atoms with van der Waals surface area (Å²) in [5.41, 5.74) is 1.28. The van der Waals surface area contributed by atoms with Crippen LogP contribution >= 0.6 is 0 Å². The molecule has 2 heterocycles. The van der Waals surface area contributed by atoms with Crippen molar-refractivity contribution in [2.45, 2.75) is 25.8 Å². The van der Waals surface area contributed by atoms with Gasteiger partial charge in [-0.1, -0.05) is 12.1 Å². The molecule has 6 nitrogen and oxygen atoms in total. The first-order valence-electron chi connectivity index (χ1n) is 8.62. The summed E-state index contributed by atoms with van der Waals surface area (Å²) in [6, 6.07) is 7.41. The van der Waals surface area contributed by atoms with Crippen LogP contribution in [0.1, 0.15) is 30.1 Å². The topological polar surface area (TPSA) is 61.9 Å². The zero-order valence-electron chi connectivity index (χ0n) is 14.2. The number of ketones is 1. The molecule has 1 aromatic rings. The van der Waals surface area contributed by atoms with Crippen molar-refractivity contribution >= 4 is 17.5 Å². The number of nitrogens with zero attached hydrogens (tertiary/aromatic N) is 2. The second kappa shape index (κ2) is 7.77. The molecule has 2 amide bonds. The maximum absolute atomic E-state index is 12.6. The number of ether oxygens (including phenoxy) is 1. The Morgan fingerprint density at radius 2 is 2.00 bits per heavy atom. The van der Waals surface area contributed by atoms with Gasteiger partial charge in [-0.05, 0) is 31.9 Å². The van der Waals surface area contributed by atoms with E-state index in [1.165, 1.54) is 6.92 Å². The van der Waals surface area contributed by atoms with Crippen molar-refractivity contribution in [3.8, 4) is 0 Å². The largest absolute Gasteiger partial charge is 0.379 e. The van der Waals surface area contributed by atoms with Crippen molar-refractivity contribution in [3.63, 3.8) is 0 Å². The van der Waals surface area contributed by atoms with Crippen LogP contribution in [0.4, 0.5) is 10.5 Å². The number of urea groups is 1. The lowest BCUT2D eigenvalue weighted by atomic mass is 10.0. The molecular formula is C18H25N3O3. The summed E-state index contributed by atoms with van der Waals surface area (Å²) in [6.07, 6.45) is 2.15. The molecule has 24 heavy (non-hydrogen) atoms. The molecule has 1 aromatic carbocycles. The number of amides is 2. The van der Waals surface area contributed by atoms with Crippen LogP contribution < -0.4 is 5.32 Å². The van der Waals surface area contributed by atoms with Gasteiger partial charge in [-0.15, -0.1) is 0 Å². The first-order chi connectivity index (χ1) is 11.6. The first-order valence-corrected chi connectivity index (χ1v) is 8.62. The van der Waals surface area contributed by atoms with Gasteiger partial charge in [0.05, 0.1) is 13.2 Å². The van der Waals surface area contributed by atoms with E-state index in [2.05, 4.69) is 10.2 Å². The van der Waals surface area contributed by atoms with Crippen LogP contribution in [0.5, 0.6) is 0 Å². The molecule has 130 valence electrons. The smallest absolute Gasteiger partial charge is 0.321 e. The maximum atomic E-state index is 12.6. The minimum atomic E-state index is -0.0892. The van der Waals surface area contributed by atoms with E-state index >= 15 is 0 Å². The quantitative estimate of drug-likeness (QED) is 0.863. The molecule has 1 N–H and O–H groups in total. The van der Waals surface area contributed by atoms with Crippen molar-refractivity contribution in [2.75, 3.05) is 44.7 Å². The number of nitrogens with one attached hydrogen (secondary N) is 1. The number of piperidine rings is 1. The van der Waals surface area contributed by atoms with E-state index in [9.17, 15) is 9.59 Å². The number of hydrogen-bond acceptors (Lipinski definition) is 4. The number of morpholine rings is 1. The number of carbonyl (C=O) groups is 2. The van der Waals surface area contributed by atoms with E-state index in [0.717, 1.165) is 52.2 Å². The second-order valence-electron chi connectivity index (χ2n) is 6.46. The van der Waals surface area contributed by atoms with Gasteiger partial charge in [0, 0.05) is 43.5 Å². The molecular weight excluding hydrogens is 306 g/mol. The molecule has 3 rings (SSSR count). The Labute approximate surface area is 142 Å². The summed E-state index contributed by atoms with van der Waals surface area (Å²) in [7, 11) is 0. The predicted molar refractivity (Wildman–Crippen MR) is 92.5 cm³/mol. The summed E-state index contributed by atoms with van der Waals surface area (Å²) < 4.78 is 5.41. The standard InChI is InChI=1S/C18H25N3O3/c1-14(22)15-4-2-5-16(12-15)19-18(23)21-7-3-6-17(13-21)20-8-10-24-11-9-20/h2,4-5,12,17H,3,6-11,13H2,1H3,(H,19,23)/t17-/m0/s1. The lowest BCUT2D eigenvalue weighted by molar-refractivity contribution is 0.00248. The van der Waals surface area contributed by atoms with Crippen molar-refractivity contribution in [3.05, 3.63) is 29.8 Å². The number of hydrogen-bond donors (Lipinski definition) is 1. The molecule has 0 radical (unpaired) electrons. The van der Waals surface area contributed by atoms with Gasteiger partial charge < -0.3 is 15.0 Å². The van der Waals surface area contributed by atoms with E-state index in [-0.39, 0.29) is 11.8 Å². The number of Topliss-reactive ketones (excluding diaryl/α,β-unsaturated/α-hetero) is 1. The highest BCUT2D eigenvalue weighted by molar-refractivity contribution is 5.96. The minimum Gasteiger partial charge on any atom is -0.379 e. The summed E-state index contributed by atoms with van der Waals surface area (Å²) >= 11 is 0. The average molecular weight is 331 g/mol. The van der Waals surface area contributed by atoms with Crippen molar-refractivity contribution < 1.29 is 14.3 Å². The molecule has 0 bridgehead atoms. The van der Waals surface area contributed by atoms with Gasteiger partial charge >= 0.3 is 6.03 Å². The lowest BCUT2D eigenvalue weighted by Crippen LogP contribution is -2.53. The van der Waals surface area contributed by atoms with E-state index in [4.69, 9.17) is 4.74 Å². The molecule has 2 fully saturated rings. The van der Waals surface area contributed by atoms with Crippen LogP contribution in [0.3, 0.4) is 0 Å². The summed E-state index contributed by atoms with van der Waals surface area (Å²) in [5, 5.41) is 2.92. The van der Waals surface area contributed by atoms with Gasteiger partial charge in [0.2, 0.25) is 0 Å². The van der Waals surface area contributed by atoms with E-state index in [0.29, 0.717) is 17.3 Å². The maximum Gasteiger partial charge on any atom is 0.321 e. The third-order valence-electron chi connectivity index (χ3n) is 4.77. The van der Waals surface area contributed by atoms with Crippen molar-refractivity contribution in [2.24, 2.45) is 0 Å². The van der Waals surface area contributed by atoms with E-state index in [1.807, 2.05) is 11.0 Å². The molecule has 6 heteroatoms. The van der Waals surface area contributed by atoms with Crippen molar-refractivity contribution in [1.82, 2.24) is 9.80 Å². The zero-order chi connectivity index (χ0) is 16.9. The molecule has 0 saturated carbocycles. The normalized spacial score (nSPS) is 22.2. The van der Waals surface area contributed by atoms with Crippen LogP contribution in [0.2, 0.25) is 0 Å². The molecule has 0 unspecified atom stereocenters. The Morgan fingerprint density at radius 3 is 2.75 bits per heavy atom. The Bertz CT molecular complexity index is 599. The monoisotopic (exact) mass is 331 g/mol. The second-order valence-corrected chi connectivity index (χ2v) is 6.46. The minimum absolute atomic E-state index is 0.00328. The number of rotatable bonds is 3. The number of anilines is 1. The predicted octanol–water partition coefficient (Wildman–Crippen LogP) is 2.22. The Morgan fingerprint density at radius 1 is 1.21 bits per heavy atom. The third kappa shape index (κ3) is 4.13. The van der Waals surface area contributed by atoms with Gasteiger partial charge in [-0.2, -0.15) is 0 Å². The van der Waals surface area contributed by atoms with Crippen LogP contribution in [-0.4, -0.2) is 67.0 Å². The van der Waals surface area contributed by atoms with Crippen LogP contribution in [0.15, 0.2) is 24.3 Å². The fourth-order valence-corrected chi connectivity index (χ4v) is 3.40. The number of benzene rings is 1. The molecule has 0 spiro atoms. The molecule has 2 aliphatic heterocycles. The SMILES string of the molecule is CC(=O)c1cccc(NC(=O)N2CCC[C@H](N3CCOCC3)C2)c1. The first kappa shape index (κ1) is 16.9. The van der Waals surface area contributed by atoms with Crippen LogP contribution in [0.25, 0.3) is 0 Å². The van der Waals surface area contributed by atoms with Gasteiger partial charge in [-0.25, -0.2) is 4.79 Å². The highest BCUT2D eigenvalue weighted by Gasteiger charge is 2.28. The lowest BCUT2D eigenvalue weighted by Gasteiger charge is -2.40. The molecule has 2 aliphatic rings. The van der Waals surface area contributed by atoms with Crippen LogP contribution in [-0.2, 0) is 4.74 Å². The van der Waals surface area contributed by atoms with E-state index in [1.54, 1.807) is 18.2 Å². The zero-order valence-corrected chi connectivity index (χ0v) is 14.2. The summed E-state index contributed by atoms with van der Waals surface area (Å²) in [4.78, 5) is 28.3. The Hall–Kier alpha value is -1.92. The van der Waals surface area contributed by atoms with Crippen LogP contribution in [0, 0.1) is 0 Å². The fourth-order valence-electron chi connectivity index (χ4n) is 3.40. The number of likely N-dealkylation sites (tertiary alicyclic amines) is 1. The number of carbonyl (C=O) groups excluding carboxylic acids is 2. The highest BCUT2D eigenvalue weighted by atomic mass is 16.5. The van der Waals surface area contributed by atoms with Crippen molar-refractivity contribution in [1.29, 1.82) is 0 Å². The Balaban J connectivity index is 1.60. The summed E-state index contributed by atoms with van der Waals surface area (Å²) in [5.74, 6) is -0.00328. The van der Waals surface area contributed by atoms with Gasteiger partial charge in [0.1, 0.15) is 0 Å². The van der Waals surface area contributed by atoms with Gasteiger partial charge in [-0.3, -0.25) is 9.69 Å². The molecule has 1 atom stereocenters.